The number of aromatic nitrogens is 2. The number of fused-ring (bicyclic) bond motifs is 1. The predicted molar refractivity (Wildman–Crippen MR) is 102 cm³/mol. The van der Waals surface area contributed by atoms with Crippen molar-refractivity contribution in [1.82, 2.24) is 14.6 Å². The van der Waals surface area contributed by atoms with Crippen molar-refractivity contribution in [2.24, 2.45) is 0 Å². The van der Waals surface area contributed by atoms with Crippen molar-refractivity contribution in [1.29, 1.82) is 0 Å². The second-order valence-corrected chi connectivity index (χ2v) is 6.93. The first-order valence-electron chi connectivity index (χ1n) is 9.36. The SMILES string of the molecule is O=C(c1ccc(Cn2c(CF)nc3ccccc32)cc1)N(O)C1CCOCC1. The van der Waals surface area contributed by atoms with Gasteiger partial charge in [0.25, 0.3) is 5.91 Å². The fourth-order valence-electron chi connectivity index (χ4n) is 3.57. The van der Waals surface area contributed by atoms with Gasteiger partial charge >= 0.3 is 0 Å². The summed E-state index contributed by atoms with van der Waals surface area (Å²) in [6.45, 7) is 0.903. The fourth-order valence-corrected chi connectivity index (χ4v) is 3.57. The fraction of sp³-hybridized carbons (Fsp3) is 0.333. The maximum absolute atomic E-state index is 13.4. The number of benzene rings is 2. The lowest BCUT2D eigenvalue weighted by atomic mass is 10.1. The normalized spacial score (nSPS) is 15.1. The van der Waals surface area contributed by atoms with Crippen LogP contribution < -0.4 is 0 Å². The lowest BCUT2D eigenvalue weighted by molar-refractivity contribution is -0.112. The van der Waals surface area contributed by atoms with Crippen LogP contribution in [0.1, 0.15) is 34.6 Å². The number of halogens is 1. The van der Waals surface area contributed by atoms with Gasteiger partial charge in [-0.3, -0.25) is 10.0 Å². The number of hydrogen-bond donors (Lipinski definition) is 1. The number of imidazole rings is 1. The molecule has 4 rings (SSSR count). The van der Waals surface area contributed by atoms with Crippen molar-refractivity contribution in [2.45, 2.75) is 32.1 Å². The van der Waals surface area contributed by atoms with Crippen LogP contribution in [0, 0.1) is 0 Å². The van der Waals surface area contributed by atoms with E-state index in [0.29, 0.717) is 44.0 Å². The van der Waals surface area contributed by atoms with Gasteiger partial charge in [-0.05, 0) is 42.7 Å². The second-order valence-electron chi connectivity index (χ2n) is 6.93. The molecule has 2 aromatic carbocycles. The highest BCUT2D eigenvalue weighted by Crippen LogP contribution is 2.20. The van der Waals surface area contributed by atoms with Crippen LogP contribution in [0.25, 0.3) is 11.0 Å². The molecular formula is C21H22FN3O3. The van der Waals surface area contributed by atoms with Gasteiger partial charge in [0.1, 0.15) is 12.5 Å². The zero-order chi connectivity index (χ0) is 19.5. The molecule has 1 aliphatic rings. The number of carbonyl (C=O) groups is 1. The highest BCUT2D eigenvalue weighted by molar-refractivity contribution is 5.93. The zero-order valence-electron chi connectivity index (χ0n) is 15.4. The first-order valence-corrected chi connectivity index (χ1v) is 9.36. The van der Waals surface area contributed by atoms with E-state index in [-0.39, 0.29) is 6.04 Å². The monoisotopic (exact) mass is 383 g/mol. The number of rotatable bonds is 5. The lowest BCUT2D eigenvalue weighted by Gasteiger charge is -2.29. The van der Waals surface area contributed by atoms with Crippen LogP contribution in [-0.2, 0) is 18.0 Å². The lowest BCUT2D eigenvalue weighted by Crippen LogP contribution is -2.41. The molecule has 1 aliphatic heterocycles. The summed E-state index contributed by atoms with van der Waals surface area (Å²) in [5, 5.41) is 11.1. The Kier molecular flexibility index (Phi) is 5.36. The molecule has 0 spiro atoms. The molecule has 7 heteroatoms. The van der Waals surface area contributed by atoms with Crippen LogP contribution in [-0.4, -0.2) is 45.0 Å². The van der Waals surface area contributed by atoms with Crippen LogP contribution in [0.2, 0.25) is 0 Å². The molecule has 0 saturated carbocycles. The first-order chi connectivity index (χ1) is 13.7. The molecule has 28 heavy (non-hydrogen) atoms. The topological polar surface area (TPSA) is 67.6 Å². The molecule has 0 bridgehead atoms. The Hall–Kier alpha value is -2.77. The molecule has 6 nitrogen and oxygen atoms in total. The van der Waals surface area contributed by atoms with Gasteiger partial charge in [-0.25, -0.2) is 14.4 Å². The van der Waals surface area contributed by atoms with E-state index in [2.05, 4.69) is 4.98 Å². The summed E-state index contributed by atoms with van der Waals surface area (Å²) in [4.78, 5) is 16.8. The van der Waals surface area contributed by atoms with Crippen LogP contribution in [0.3, 0.4) is 0 Å². The minimum Gasteiger partial charge on any atom is -0.381 e. The average molecular weight is 383 g/mol. The third-order valence-electron chi connectivity index (χ3n) is 5.14. The van der Waals surface area contributed by atoms with E-state index in [0.717, 1.165) is 21.7 Å². The third kappa shape index (κ3) is 3.63. The Morgan fingerprint density at radius 1 is 1.18 bits per heavy atom. The molecule has 0 aliphatic carbocycles. The van der Waals surface area contributed by atoms with Gasteiger partial charge in [-0.1, -0.05) is 24.3 Å². The molecule has 0 unspecified atom stereocenters. The summed E-state index contributed by atoms with van der Waals surface area (Å²) < 4.78 is 20.5. The number of amides is 1. The number of ether oxygens (including phenoxy) is 1. The molecule has 3 aromatic rings. The summed E-state index contributed by atoms with van der Waals surface area (Å²) in [5.74, 6) is -0.0432. The Balaban J connectivity index is 1.52. The van der Waals surface area contributed by atoms with Gasteiger partial charge in [0, 0.05) is 25.3 Å². The smallest absolute Gasteiger partial charge is 0.277 e. The minimum absolute atomic E-state index is 0.217. The van der Waals surface area contributed by atoms with Gasteiger partial charge in [-0.15, -0.1) is 0 Å². The molecule has 1 N–H and O–H groups in total. The molecular weight excluding hydrogens is 361 g/mol. The zero-order valence-corrected chi connectivity index (χ0v) is 15.4. The summed E-state index contributed by atoms with van der Waals surface area (Å²) in [5.41, 5.74) is 2.97. The van der Waals surface area contributed by atoms with Crippen LogP contribution in [0.4, 0.5) is 4.39 Å². The van der Waals surface area contributed by atoms with E-state index in [4.69, 9.17) is 4.74 Å². The first kappa shape index (κ1) is 18.6. The number of hydroxylamine groups is 2. The Morgan fingerprint density at radius 3 is 2.61 bits per heavy atom. The van der Waals surface area contributed by atoms with Gasteiger partial charge < -0.3 is 9.30 Å². The second kappa shape index (κ2) is 8.08. The molecule has 1 aromatic heterocycles. The summed E-state index contributed by atoms with van der Waals surface area (Å²) >= 11 is 0. The highest BCUT2D eigenvalue weighted by atomic mass is 19.1. The number of carbonyl (C=O) groups excluding carboxylic acids is 1. The molecule has 2 heterocycles. The van der Waals surface area contributed by atoms with E-state index >= 15 is 0 Å². The van der Waals surface area contributed by atoms with Crippen LogP contribution in [0.15, 0.2) is 48.5 Å². The third-order valence-corrected chi connectivity index (χ3v) is 5.14. The van der Waals surface area contributed by atoms with Crippen molar-refractivity contribution < 1.29 is 19.1 Å². The summed E-state index contributed by atoms with van der Waals surface area (Å²) in [7, 11) is 0. The Bertz CT molecular complexity index is 965. The Morgan fingerprint density at radius 2 is 1.89 bits per heavy atom. The summed E-state index contributed by atoms with van der Waals surface area (Å²) in [6, 6.07) is 14.4. The molecule has 0 atom stereocenters. The van der Waals surface area contributed by atoms with Gasteiger partial charge in [0.2, 0.25) is 0 Å². The summed E-state index contributed by atoms with van der Waals surface area (Å²) in [6.07, 6.45) is 1.25. The molecule has 1 saturated heterocycles. The van der Waals surface area contributed by atoms with E-state index < -0.39 is 12.6 Å². The average Bonchev–Trinajstić information content (AvgIpc) is 3.11. The quantitative estimate of drug-likeness (QED) is 0.540. The van der Waals surface area contributed by atoms with Crippen molar-refractivity contribution in [3.05, 3.63) is 65.5 Å². The molecule has 146 valence electrons. The van der Waals surface area contributed by atoms with Gasteiger partial charge in [0.05, 0.1) is 17.1 Å². The number of hydrogen-bond acceptors (Lipinski definition) is 4. The molecule has 1 fully saturated rings. The minimum atomic E-state index is -0.643. The van der Waals surface area contributed by atoms with E-state index in [9.17, 15) is 14.4 Å². The number of para-hydroxylation sites is 2. The van der Waals surface area contributed by atoms with Crippen LogP contribution >= 0.6 is 0 Å². The predicted octanol–water partition coefficient (Wildman–Crippen LogP) is 3.56. The van der Waals surface area contributed by atoms with Crippen molar-refractivity contribution in [3.63, 3.8) is 0 Å². The van der Waals surface area contributed by atoms with E-state index in [1.165, 1.54) is 0 Å². The van der Waals surface area contributed by atoms with Crippen molar-refractivity contribution >= 4 is 16.9 Å². The highest BCUT2D eigenvalue weighted by Gasteiger charge is 2.25. The van der Waals surface area contributed by atoms with Gasteiger partial charge in [-0.2, -0.15) is 0 Å². The largest absolute Gasteiger partial charge is 0.381 e. The van der Waals surface area contributed by atoms with E-state index in [1.54, 1.807) is 12.1 Å². The molecule has 1 amide bonds. The number of nitrogens with zero attached hydrogens (tertiary/aromatic N) is 3. The Labute approximate surface area is 162 Å². The molecule has 0 radical (unpaired) electrons. The maximum atomic E-state index is 13.4. The van der Waals surface area contributed by atoms with Gasteiger partial charge in [0.15, 0.2) is 0 Å². The maximum Gasteiger partial charge on any atom is 0.277 e. The van der Waals surface area contributed by atoms with Crippen molar-refractivity contribution in [3.8, 4) is 0 Å². The van der Waals surface area contributed by atoms with Crippen LogP contribution in [0.5, 0.6) is 0 Å². The number of alkyl halides is 1. The standard InChI is InChI=1S/C21H22FN3O3/c22-13-20-23-18-3-1-2-4-19(18)24(20)14-15-5-7-16(8-6-15)21(26)25(27)17-9-11-28-12-10-17/h1-8,17,27H,9-14H2. The van der Waals surface area contributed by atoms with E-state index in [1.807, 2.05) is 41.0 Å². The van der Waals surface area contributed by atoms with Crippen molar-refractivity contribution in [2.75, 3.05) is 13.2 Å².